The van der Waals surface area contributed by atoms with Gasteiger partial charge in [-0.05, 0) is 172 Å². The van der Waals surface area contributed by atoms with Gasteiger partial charge in [-0.3, -0.25) is 0 Å². The van der Waals surface area contributed by atoms with Crippen molar-refractivity contribution in [1.82, 2.24) is 0 Å². The van der Waals surface area contributed by atoms with Gasteiger partial charge in [0, 0.05) is 25.7 Å². The van der Waals surface area contributed by atoms with Gasteiger partial charge in [0.1, 0.15) is 0 Å². The molecular formula is C66H76S. The zero-order valence-electron chi connectivity index (χ0n) is 43.6. The van der Waals surface area contributed by atoms with Gasteiger partial charge in [0.2, 0.25) is 0 Å². The Morgan fingerprint density at radius 1 is 0.254 bits per heavy atom. The van der Waals surface area contributed by atoms with Crippen LogP contribution in [-0.4, -0.2) is 0 Å². The third kappa shape index (κ3) is 8.99. The number of hydrogen-bond acceptors (Lipinski definition) is 1. The Morgan fingerprint density at radius 2 is 0.537 bits per heavy atom. The largest absolute Gasteiger partial charge is 0.134 e. The molecule has 1 heteroatoms. The van der Waals surface area contributed by atoms with E-state index in [0.717, 1.165) is 0 Å². The molecule has 0 N–H and O–H groups in total. The zero-order chi connectivity index (χ0) is 48.2. The molecule has 0 bridgehead atoms. The number of thiophene rings is 1. The second-order valence-electron chi connectivity index (χ2n) is 22.0. The van der Waals surface area contributed by atoms with Crippen LogP contribution in [0.1, 0.15) is 203 Å². The van der Waals surface area contributed by atoms with Crippen LogP contribution in [0.3, 0.4) is 0 Å². The summed E-state index contributed by atoms with van der Waals surface area (Å²) in [6.07, 6.45) is 0. The summed E-state index contributed by atoms with van der Waals surface area (Å²) in [6, 6.07) is 48.0. The molecule has 0 amide bonds. The van der Waals surface area contributed by atoms with Crippen molar-refractivity contribution in [2.45, 2.75) is 158 Å². The van der Waals surface area contributed by atoms with Crippen LogP contribution < -0.4 is 0 Å². The standard InChI is InChI=1S/C66H76S/c1-37(2)49-22-17-23-50(38(3)4)61(49)46-32-45(33-47(34-46)62-51(39(5)6)24-18-25-52(62)40(7)8)57-30-21-31-58-59-35-48(63-53(41(9)10)26-19-27-54(63)42(11)12)36-60(66(59)67-65(57)58)64-55(43(13)14)28-20-29-56(64)44(15)16/h17-44H,1-16H3. The van der Waals surface area contributed by atoms with Gasteiger partial charge in [-0.1, -0.05) is 202 Å². The second kappa shape index (κ2) is 19.4. The zero-order valence-corrected chi connectivity index (χ0v) is 44.4. The maximum atomic E-state index is 2.59. The normalized spacial score (nSPS) is 12.4. The van der Waals surface area contributed by atoms with Crippen LogP contribution in [0.4, 0.5) is 0 Å². The third-order valence-corrected chi connectivity index (χ3v) is 15.8. The molecule has 8 aromatic rings. The van der Waals surface area contributed by atoms with Crippen molar-refractivity contribution in [3.8, 4) is 55.6 Å². The summed E-state index contributed by atoms with van der Waals surface area (Å²) in [6.45, 7) is 37.7. The fraction of sp³-hybridized carbons (Fsp3) is 0.364. The maximum Gasteiger partial charge on any atom is 0.0434 e. The number of fused-ring (bicyclic) bond motifs is 3. The van der Waals surface area contributed by atoms with Gasteiger partial charge in [0.25, 0.3) is 0 Å². The summed E-state index contributed by atoms with van der Waals surface area (Å²) in [4.78, 5) is 0. The first-order valence-electron chi connectivity index (χ1n) is 25.6. The summed E-state index contributed by atoms with van der Waals surface area (Å²) in [7, 11) is 0. The molecule has 0 atom stereocenters. The first-order chi connectivity index (χ1) is 31.9. The Kier molecular flexibility index (Phi) is 14.0. The number of rotatable bonds is 13. The van der Waals surface area contributed by atoms with Crippen LogP contribution in [-0.2, 0) is 0 Å². The number of benzene rings is 7. The highest BCUT2D eigenvalue weighted by molar-refractivity contribution is 7.27. The molecule has 0 saturated carbocycles. The van der Waals surface area contributed by atoms with Gasteiger partial charge in [0.05, 0.1) is 0 Å². The molecule has 0 spiro atoms. The van der Waals surface area contributed by atoms with E-state index in [4.69, 9.17) is 0 Å². The monoisotopic (exact) mass is 901 g/mol. The van der Waals surface area contributed by atoms with Gasteiger partial charge >= 0.3 is 0 Å². The van der Waals surface area contributed by atoms with Crippen molar-refractivity contribution in [1.29, 1.82) is 0 Å². The van der Waals surface area contributed by atoms with Crippen molar-refractivity contribution in [3.05, 3.63) is 166 Å². The lowest BCUT2D eigenvalue weighted by atomic mass is 9.80. The molecule has 8 rings (SSSR count). The molecule has 0 aliphatic heterocycles. The Hall–Kier alpha value is -5.24. The first kappa shape index (κ1) is 48.2. The molecule has 67 heavy (non-hydrogen) atoms. The summed E-state index contributed by atoms with van der Waals surface area (Å²) in [5.74, 6) is 3.07. The van der Waals surface area contributed by atoms with E-state index in [1.54, 1.807) is 0 Å². The van der Waals surface area contributed by atoms with Crippen molar-refractivity contribution in [3.63, 3.8) is 0 Å². The SMILES string of the molecule is CC(C)c1cccc(C(C)C)c1-c1cc(-c2c(C(C)C)cccc2C(C)C)cc(-c2cccc3c2sc2c(-c4c(C(C)C)cccc4C(C)C)cc(-c4c(C(C)C)cccc4C(C)C)cc23)c1. The molecule has 7 aromatic carbocycles. The molecule has 0 saturated heterocycles. The Bertz CT molecular complexity index is 2900. The van der Waals surface area contributed by atoms with Crippen LogP contribution in [0, 0.1) is 0 Å². The van der Waals surface area contributed by atoms with E-state index >= 15 is 0 Å². The molecule has 346 valence electrons. The Morgan fingerprint density at radius 3 is 0.881 bits per heavy atom. The van der Waals surface area contributed by atoms with Crippen molar-refractivity contribution in [2.24, 2.45) is 0 Å². The van der Waals surface area contributed by atoms with Gasteiger partial charge in [-0.15, -0.1) is 11.3 Å². The molecule has 0 fully saturated rings. The lowest BCUT2D eigenvalue weighted by Gasteiger charge is -2.24. The van der Waals surface area contributed by atoms with Gasteiger partial charge in [0.15, 0.2) is 0 Å². The van der Waals surface area contributed by atoms with Crippen molar-refractivity contribution < 1.29 is 0 Å². The van der Waals surface area contributed by atoms with Crippen LogP contribution in [0.15, 0.2) is 121 Å². The number of hydrogen-bond donors (Lipinski definition) is 0. The van der Waals surface area contributed by atoms with E-state index in [2.05, 4.69) is 232 Å². The smallest absolute Gasteiger partial charge is 0.0434 e. The van der Waals surface area contributed by atoms with Crippen LogP contribution >= 0.6 is 11.3 Å². The highest BCUT2D eigenvalue weighted by atomic mass is 32.1. The minimum absolute atomic E-state index is 0.376. The Balaban J connectivity index is 1.54. The molecule has 0 aliphatic carbocycles. The molecule has 0 aliphatic rings. The Labute approximate surface area is 408 Å². The molecule has 0 unspecified atom stereocenters. The molecule has 1 heterocycles. The topological polar surface area (TPSA) is 0 Å². The quantitative estimate of drug-likeness (QED) is 0.108. The summed E-state index contributed by atoms with van der Waals surface area (Å²) in [5, 5.41) is 2.69. The predicted octanol–water partition coefficient (Wildman–Crippen LogP) is 21.4. The third-order valence-electron chi connectivity index (χ3n) is 14.5. The lowest BCUT2D eigenvalue weighted by molar-refractivity contribution is 0.837. The summed E-state index contributed by atoms with van der Waals surface area (Å²) in [5.41, 5.74) is 24.9. The molecular weight excluding hydrogens is 825 g/mol. The molecule has 0 radical (unpaired) electrons. The van der Waals surface area contributed by atoms with E-state index in [-0.39, 0.29) is 0 Å². The fourth-order valence-electron chi connectivity index (χ4n) is 11.0. The maximum absolute atomic E-state index is 2.59. The highest BCUT2D eigenvalue weighted by Crippen LogP contribution is 2.51. The van der Waals surface area contributed by atoms with E-state index in [0.29, 0.717) is 47.3 Å². The minimum Gasteiger partial charge on any atom is -0.134 e. The summed E-state index contributed by atoms with van der Waals surface area (Å²) >= 11 is 2.01. The second-order valence-corrected chi connectivity index (χ2v) is 23.0. The van der Waals surface area contributed by atoms with E-state index in [9.17, 15) is 0 Å². The van der Waals surface area contributed by atoms with E-state index < -0.39 is 0 Å². The van der Waals surface area contributed by atoms with Crippen LogP contribution in [0.25, 0.3) is 75.8 Å². The summed E-state index contributed by atoms with van der Waals surface area (Å²) < 4.78 is 2.74. The van der Waals surface area contributed by atoms with Gasteiger partial charge in [-0.2, -0.15) is 0 Å². The van der Waals surface area contributed by atoms with E-state index in [1.807, 2.05) is 11.3 Å². The van der Waals surface area contributed by atoms with Crippen molar-refractivity contribution >= 4 is 31.5 Å². The molecule has 0 nitrogen and oxygen atoms in total. The fourth-order valence-corrected chi connectivity index (χ4v) is 12.4. The lowest BCUT2D eigenvalue weighted by Crippen LogP contribution is -2.02. The van der Waals surface area contributed by atoms with Crippen LogP contribution in [0.5, 0.6) is 0 Å². The minimum atomic E-state index is 0.376. The van der Waals surface area contributed by atoms with Crippen LogP contribution in [0.2, 0.25) is 0 Å². The van der Waals surface area contributed by atoms with Gasteiger partial charge in [-0.25, -0.2) is 0 Å². The average Bonchev–Trinajstić information content (AvgIpc) is 3.68. The highest BCUT2D eigenvalue weighted by Gasteiger charge is 2.26. The predicted molar refractivity (Wildman–Crippen MR) is 299 cm³/mol. The van der Waals surface area contributed by atoms with Crippen molar-refractivity contribution in [2.75, 3.05) is 0 Å². The molecule has 1 aromatic heterocycles. The van der Waals surface area contributed by atoms with Gasteiger partial charge < -0.3 is 0 Å². The first-order valence-corrected chi connectivity index (χ1v) is 26.4. The average molecular weight is 901 g/mol. The van der Waals surface area contributed by atoms with E-state index in [1.165, 1.54) is 120 Å².